The van der Waals surface area contributed by atoms with Crippen LogP contribution in [-0.2, 0) is 14.3 Å². The second-order valence-corrected chi connectivity index (χ2v) is 2.63. The molecule has 2 N–H and O–H groups in total. The number of carboxylic acids is 1. The summed E-state index contributed by atoms with van der Waals surface area (Å²) in [5.74, 6) is -2.09. The summed E-state index contributed by atoms with van der Waals surface area (Å²) in [7, 11) is 0. The lowest BCUT2D eigenvalue weighted by atomic mass is 10.2. The van der Waals surface area contributed by atoms with Gasteiger partial charge in [-0.2, -0.15) is 0 Å². The third-order valence-corrected chi connectivity index (χ3v) is 1.38. The van der Waals surface area contributed by atoms with Gasteiger partial charge in [0.05, 0.1) is 13.0 Å². The predicted octanol–water partition coefficient (Wildman–Crippen LogP) is 0.165. The fraction of sp³-hybridized carbons (Fsp3) is 0.750. The second kappa shape index (κ2) is 6.42. The van der Waals surface area contributed by atoms with Gasteiger partial charge in [-0.05, 0) is 6.42 Å². The molecule has 0 saturated heterocycles. The van der Waals surface area contributed by atoms with Crippen molar-refractivity contribution >= 4 is 11.9 Å². The van der Waals surface area contributed by atoms with Crippen LogP contribution in [0.4, 0.5) is 0 Å². The number of aliphatic hydroxyl groups is 1. The maximum absolute atomic E-state index is 10.8. The zero-order valence-corrected chi connectivity index (χ0v) is 7.52. The standard InChI is InChI=1S/C8H14O5/c1-2-3-4-13-8(12)6(9)5-7(10)11/h6,9H,2-5H2,1H3,(H,10,11)/t6-/m1/s1. The number of carboxylic acid groups (broad SMARTS) is 1. The molecule has 0 heterocycles. The monoisotopic (exact) mass is 190 g/mol. The molecular weight excluding hydrogens is 176 g/mol. The van der Waals surface area contributed by atoms with Crippen LogP contribution in [0.3, 0.4) is 0 Å². The average molecular weight is 190 g/mol. The van der Waals surface area contributed by atoms with Crippen molar-refractivity contribution in [3.63, 3.8) is 0 Å². The molecule has 5 heteroatoms. The zero-order valence-electron chi connectivity index (χ0n) is 7.52. The molecule has 0 rings (SSSR count). The van der Waals surface area contributed by atoms with E-state index in [-0.39, 0.29) is 6.61 Å². The zero-order chi connectivity index (χ0) is 10.3. The van der Waals surface area contributed by atoms with Gasteiger partial charge >= 0.3 is 11.9 Å². The number of rotatable bonds is 6. The van der Waals surface area contributed by atoms with Gasteiger partial charge in [-0.1, -0.05) is 13.3 Å². The molecule has 76 valence electrons. The Hall–Kier alpha value is -1.10. The van der Waals surface area contributed by atoms with Crippen molar-refractivity contribution in [1.82, 2.24) is 0 Å². The number of esters is 1. The highest BCUT2D eigenvalue weighted by atomic mass is 16.5. The van der Waals surface area contributed by atoms with Crippen LogP contribution in [0.25, 0.3) is 0 Å². The van der Waals surface area contributed by atoms with Crippen LogP contribution in [0.5, 0.6) is 0 Å². The molecule has 0 aliphatic rings. The molecule has 0 aliphatic heterocycles. The maximum Gasteiger partial charge on any atom is 0.335 e. The Morgan fingerprint density at radius 2 is 2.08 bits per heavy atom. The van der Waals surface area contributed by atoms with Gasteiger partial charge in [-0.3, -0.25) is 4.79 Å². The molecule has 0 aromatic carbocycles. The van der Waals surface area contributed by atoms with Crippen molar-refractivity contribution in [2.75, 3.05) is 6.61 Å². The van der Waals surface area contributed by atoms with Gasteiger partial charge in [-0.15, -0.1) is 0 Å². The summed E-state index contributed by atoms with van der Waals surface area (Å²) < 4.78 is 4.59. The van der Waals surface area contributed by atoms with Crippen LogP contribution in [0, 0.1) is 0 Å². The highest BCUT2D eigenvalue weighted by molar-refractivity contribution is 5.80. The number of ether oxygens (including phenoxy) is 1. The summed E-state index contributed by atoms with van der Waals surface area (Å²) in [5.41, 5.74) is 0. The Labute approximate surface area is 76.3 Å². The molecule has 0 radical (unpaired) electrons. The predicted molar refractivity (Wildman–Crippen MR) is 44.1 cm³/mol. The van der Waals surface area contributed by atoms with E-state index in [2.05, 4.69) is 4.74 Å². The van der Waals surface area contributed by atoms with E-state index >= 15 is 0 Å². The quantitative estimate of drug-likeness (QED) is 0.460. The Kier molecular flexibility index (Phi) is 5.88. The highest BCUT2D eigenvalue weighted by Gasteiger charge is 2.19. The molecule has 0 unspecified atom stereocenters. The van der Waals surface area contributed by atoms with E-state index in [1.54, 1.807) is 0 Å². The number of carbonyl (C=O) groups is 2. The van der Waals surface area contributed by atoms with Gasteiger partial charge in [0.25, 0.3) is 0 Å². The minimum absolute atomic E-state index is 0.228. The molecule has 0 saturated carbocycles. The minimum atomic E-state index is -1.55. The van der Waals surface area contributed by atoms with Gasteiger partial charge in [0.15, 0.2) is 6.10 Å². The fourth-order valence-electron chi connectivity index (χ4n) is 0.662. The molecule has 13 heavy (non-hydrogen) atoms. The van der Waals surface area contributed by atoms with Gasteiger partial charge in [0, 0.05) is 0 Å². The van der Waals surface area contributed by atoms with Crippen molar-refractivity contribution in [1.29, 1.82) is 0 Å². The van der Waals surface area contributed by atoms with Crippen LogP contribution in [0.15, 0.2) is 0 Å². The Morgan fingerprint density at radius 1 is 1.46 bits per heavy atom. The summed E-state index contributed by atoms with van der Waals surface area (Å²) in [6.07, 6.45) is -0.562. The lowest BCUT2D eigenvalue weighted by Gasteiger charge is -2.07. The minimum Gasteiger partial charge on any atom is -0.481 e. The van der Waals surface area contributed by atoms with Crippen LogP contribution in [-0.4, -0.2) is 34.9 Å². The van der Waals surface area contributed by atoms with Crippen molar-refractivity contribution < 1.29 is 24.5 Å². The van der Waals surface area contributed by atoms with Gasteiger partial charge in [0.1, 0.15) is 0 Å². The lowest BCUT2D eigenvalue weighted by molar-refractivity contribution is -0.158. The van der Waals surface area contributed by atoms with E-state index in [4.69, 9.17) is 10.2 Å². The Bertz CT molecular complexity index is 177. The van der Waals surface area contributed by atoms with E-state index < -0.39 is 24.5 Å². The molecule has 0 aromatic heterocycles. The molecule has 1 atom stereocenters. The largest absolute Gasteiger partial charge is 0.481 e. The molecule has 0 aromatic rings. The third kappa shape index (κ3) is 6.10. The fourth-order valence-corrected chi connectivity index (χ4v) is 0.662. The summed E-state index contributed by atoms with van der Waals surface area (Å²) in [6.45, 7) is 2.16. The van der Waals surface area contributed by atoms with Gasteiger partial charge in [-0.25, -0.2) is 4.79 Å². The third-order valence-electron chi connectivity index (χ3n) is 1.38. The maximum atomic E-state index is 10.8. The number of aliphatic hydroxyl groups excluding tert-OH is 1. The van der Waals surface area contributed by atoms with Gasteiger partial charge < -0.3 is 14.9 Å². The summed E-state index contributed by atoms with van der Waals surface area (Å²) in [6, 6.07) is 0. The lowest BCUT2D eigenvalue weighted by Crippen LogP contribution is -2.26. The smallest absolute Gasteiger partial charge is 0.335 e. The van der Waals surface area contributed by atoms with Crippen molar-refractivity contribution in [2.45, 2.75) is 32.3 Å². The van der Waals surface area contributed by atoms with E-state index in [1.807, 2.05) is 6.92 Å². The van der Waals surface area contributed by atoms with E-state index in [0.29, 0.717) is 6.42 Å². The molecule has 0 amide bonds. The normalized spacial score (nSPS) is 12.2. The Morgan fingerprint density at radius 3 is 2.54 bits per heavy atom. The van der Waals surface area contributed by atoms with Crippen LogP contribution < -0.4 is 0 Å². The molecule has 5 nitrogen and oxygen atoms in total. The molecule has 0 aliphatic carbocycles. The van der Waals surface area contributed by atoms with E-state index in [0.717, 1.165) is 6.42 Å². The number of unbranched alkanes of at least 4 members (excludes halogenated alkanes) is 1. The first-order valence-corrected chi connectivity index (χ1v) is 4.14. The molecular formula is C8H14O5. The Balaban J connectivity index is 3.63. The first kappa shape index (κ1) is 11.9. The van der Waals surface area contributed by atoms with Gasteiger partial charge in [0.2, 0.25) is 0 Å². The van der Waals surface area contributed by atoms with Crippen LogP contribution in [0.2, 0.25) is 0 Å². The summed E-state index contributed by atoms with van der Waals surface area (Å²) in [5, 5.41) is 17.2. The molecule has 0 spiro atoms. The van der Waals surface area contributed by atoms with Crippen molar-refractivity contribution in [3.05, 3.63) is 0 Å². The highest BCUT2D eigenvalue weighted by Crippen LogP contribution is 1.97. The van der Waals surface area contributed by atoms with Crippen molar-refractivity contribution in [3.8, 4) is 0 Å². The van der Waals surface area contributed by atoms with E-state index in [9.17, 15) is 9.59 Å². The molecule has 0 fully saturated rings. The summed E-state index contributed by atoms with van der Waals surface area (Å²) in [4.78, 5) is 20.9. The number of carbonyl (C=O) groups excluding carboxylic acids is 1. The topological polar surface area (TPSA) is 83.8 Å². The number of hydrogen-bond acceptors (Lipinski definition) is 4. The SMILES string of the molecule is CCCCOC(=O)[C@H](O)CC(=O)O. The first-order chi connectivity index (χ1) is 6.07. The first-order valence-electron chi connectivity index (χ1n) is 4.14. The van der Waals surface area contributed by atoms with E-state index in [1.165, 1.54) is 0 Å². The average Bonchev–Trinajstić information content (AvgIpc) is 2.03. The molecule has 0 bridgehead atoms. The number of hydrogen-bond donors (Lipinski definition) is 2. The van der Waals surface area contributed by atoms with Crippen molar-refractivity contribution in [2.24, 2.45) is 0 Å². The summed E-state index contributed by atoms with van der Waals surface area (Å²) >= 11 is 0. The van der Waals surface area contributed by atoms with Crippen LogP contribution >= 0.6 is 0 Å². The van der Waals surface area contributed by atoms with Crippen LogP contribution in [0.1, 0.15) is 26.2 Å². The number of aliphatic carboxylic acids is 1. The second-order valence-electron chi connectivity index (χ2n) is 2.63.